The zero-order valence-electron chi connectivity index (χ0n) is 12.7. The number of aliphatic hydroxyl groups is 1. The maximum Gasteiger partial charge on any atom is 0.280 e. The van der Waals surface area contributed by atoms with Gasteiger partial charge in [-0.15, -0.1) is 0 Å². The topological polar surface area (TPSA) is 42.4 Å². The molecule has 1 aromatic rings. The SMILES string of the molecule is CC(C)(C)[Si](C)(C)O[C@@H](CO)c1ccc(C(F)F)nc1. The van der Waals surface area contributed by atoms with Crippen LogP contribution in [0.1, 0.15) is 44.6 Å². The molecule has 0 bridgehead atoms. The summed E-state index contributed by atoms with van der Waals surface area (Å²) in [4.78, 5) is 3.71. The predicted molar refractivity (Wildman–Crippen MR) is 77.3 cm³/mol. The van der Waals surface area contributed by atoms with Crippen LogP contribution in [0.15, 0.2) is 18.3 Å². The second kappa shape index (κ2) is 6.28. The van der Waals surface area contributed by atoms with E-state index in [2.05, 4.69) is 38.8 Å². The van der Waals surface area contributed by atoms with E-state index in [-0.39, 0.29) is 17.3 Å². The summed E-state index contributed by atoms with van der Waals surface area (Å²) in [5.74, 6) is 0. The summed E-state index contributed by atoms with van der Waals surface area (Å²) in [5.41, 5.74) is 0.361. The van der Waals surface area contributed by atoms with Crippen LogP contribution in [0.25, 0.3) is 0 Å². The molecular formula is C14H23F2NO2Si. The first-order chi connectivity index (χ1) is 9.08. The molecule has 0 saturated heterocycles. The number of alkyl halides is 2. The predicted octanol–water partition coefficient (Wildman–Crippen LogP) is 4.07. The Kier molecular flexibility index (Phi) is 5.40. The summed E-state index contributed by atoms with van der Waals surface area (Å²) >= 11 is 0. The molecule has 0 unspecified atom stereocenters. The number of rotatable bonds is 5. The van der Waals surface area contributed by atoms with Crippen molar-refractivity contribution < 1.29 is 18.3 Å². The molecule has 1 atom stereocenters. The van der Waals surface area contributed by atoms with E-state index in [9.17, 15) is 13.9 Å². The molecule has 1 heterocycles. The van der Waals surface area contributed by atoms with Gasteiger partial charge in [0.2, 0.25) is 0 Å². The second-order valence-electron chi connectivity index (χ2n) is 6.37. The molecule has 0 radical (unpaired) electrons. The van der Waals surface area contributed by atoms with Crippen molar-refractivity contribution in [3.63, 3.8) is 0 Å². The molecule has 20 heavy (non-hydrogen) atoms. The van der Waals surface area contributed by atoms with Crippen molar-refractivity contribution in [2.45, 2.75) is 51.4 Å². The molecule has 0 aliphatic carbocycles. The van der Waals surface area contributed by atoms with E-state index in [1.165, 1.54) is 12.3 Å². The van der Waals surface area contributed by atoms with E-state index < -0.39 is 20.8 Å². The van der Waals surface area contributed by atoms with Gasteiger partial charge in [0, 0.05) is 11.8 Å². The number of aromatic nitrogens is 1. The summed E-state index contributed by atoms with van der Waals surface area (Å²) in [6, 6.07) is 2.82. The molecule has 0 aliphatic heterocycles. The second-order valence-corrected chi connectivity index (χ2v) is 11.1. The Morgan fingerprint density at radius 3 is 2.25 bits per heavy atom. The van der Waals surface area contributed by atoms with Gasteiger partial charge in [-0.3, -0.25) is 4.98 Å². The first-order valence-electron chi connectivity index (χ1n) is 6.61. The highest BCUT2D eigenvalue weighted by Crippen LogP contribution is 2.39. The van der Waals surface area contributed by atoms with Gasteiger partial charge in [-0.25, -0.2) is 8.78 Å². The Morgan fingerprint density at radius 2 is 1.90 bits per heavy atom. The lowest BCUT2D eigenvalue weighted by Crippen LogP contribution is -2.42. The molecule has 1 N–H and O–H groups in total. The van der Waals surface area contributed by atoms with Crippen molar-refractivity contribution in [2.24, 2.45) is 0 Å². The van der Waals surface area contributed by atoms with Crippen LogP contribution in [0.5, 0.6) is 0 Å². The van der Waals surface area contributed by atoms with Crippen molar-refractivity contribution in [3.05, 3.63) is 29.6 Å². The number of halogens is 2. The van der Waals surface area contributed by atoms with E-state index in [1.807, 2.05) is 0 Å². The lowest BCUT2D eigenvalue weighted by molar-refractivity contribution is 0.103. The minimum atomic E-state index is -2.59. The van der Waals surface area contributed by atoms with Crippen LogP contribution >= 0.6 is 0 Å². The summed E-state index contributed by atoms with van der Waals surface area (Å²) in [6.07, 6.45) is -1.75. The first kappa shape index (κ1) is 17.2. The van der Waals surface area contributed by atoms with Gasteiger partial charge < -0.3 is 9.53 Å². The Bertz CT molecular complexity index is 430. The molecule has 0 saturated carbocycles. The van der Waals surface area contributed by atoms with Gasteiger partial charge in [0.05, 0.1) is 12.7 Å². The van der Waals surface area contributed by atoms with E-state index in [1.54, 1.807) is 6.07 Å². The van der Waals surface area contributed by atoms with Gasteiger partial charge in [-0.2, -0.15) is 0 Å². The maximum atomic E-state index is 12.5. The molecule has 0 amide bonds. The number of nitrogens with zero attached hydrogens (tertiary/aromatic N) is 1. The van der Waals surface area contributed by atoms with E-state index in [4.69, 9.17) is 4.43 Å². The van der Waals surface area contributed by atoms with Crippen LogP contribution in [0.3, 0.4) is 0 Å². The number of hydrogen-bond donors (Lipinski definition) is 1. The number of pyridine rings is 1. The number of hydrogen-bond acceptors (Lipinski definition) is 3. The third-order valence-electron chi connectivity index (χ3n) is 3.81. The Labute approximate surface area is 120 Å². The standard InChI is InChI=1S/C14H23F2NO2Si/c1-14(2,3)20(4,5)19-12(9-18)10-6-7-11(13(15)16)17-8-10/h6-8,12-13,18H,9H2,1-5H3/t12-/m0/s1. The van der Waals surface area contributed by atoms with Crippen LogP contribution in [0.4, 0.5) is 8.78 Å². The van der Waals surface area contributed by atoms with Crippen LogP contribution in [0, 0.1) is 0 Å². The zero-order chi connectivity index (χ0) is 15.6. The molecule has 0 spiro atoms. The van der Waals surface area contributed by atoms with Gasteiger partial charge in [-0.05, 0) is 24.2 Å². The Hall–Kier alpha value is -0.853. The van der Waals surface area contributed by atoms with Gasteiger partial charge in [0.1, 0.15) is 5.69 Å². The van der Waals surface area contributed by atoms with Crippen molar-refractivity contribution in [2.75, 3.05) is 6.61 Å². The third kappa shape index (κ3) is 4.07. The highest BCUT2D eigenvalue weighted by Gasteiger charge is 2.39. The van der Waals surface area contributed by atoms with Crippen LogP contribution < -0.4 is 0 Å². The maximum absolute atomic E-state index is 12.5. The van der Waals surface area contributed by atoms with Crippen molar-refractivity contribution in [1.29, 1.82) is 0 Å². The monoisotopic (exact) mass is 303 g/mol. The summed E-state index contributed by atoms with van der Waals surface area (Å²) < 4.78 is 31.0. The lowest BCUT2D eigenvalue weighted by Gasteiger charge is -2.39. The molecular weight excluding hydrogens is 280 g/mol. The molecule has 0 aromatic carbocycles. The largest absolute Gasteiger partial charge is 0.408 e. The molecule has 0 aliphatic rings. The first-order valence-corrected chi connectivity index (χ1v) is 9.52. The highest BCUT2D eigenvalue weighted by molar-refractivity contribution is 6.74. The van der Waals surface area contributed by atoms with E-state index >= 15 is 0 Å². The smallest absolute Gasteiger partial charge is 0.280 e. The van der Waals surface area contributed by atoms with Gasteiger partial charge >= 0.3 is 0 Å². The van der Waals surface area contributed by atoms with Gasteiger partial charge in [-0.1, -0.05) is 26.8 Å². The van der Waals surface area contributed by atoms with Crippen LogP contribution in [-0.4, -0.2) is 25.0 Å². The molecule has 1 rings (SSSR count). The van der Waals surface area contributed by atoms with Crippen LogP contribution in [-0.2, 0) is 4.43 Å². The fourth-order valence-corrected chi connectivity index (χ4v) is 2.75. The minimum absolute atomic E-state index is 0.0107. The lowest BCUT2D eigenvalue weighted by atomic mass is 10.1. The van der Waals surface area contributed by atoms with Gasteiger partial charge in [0.15, 0.2) is 8.32 Å². The molecule has 3 nitrogen and oxygen atoms in total. The van der Waals surface area contributed by atoms with Gasteiger partial charge in [0.25, 0.3) is 6.43 Å². The third-order valence-corrected chi connectivity index (χ3v) is 8.30. The molecule has 6 heteroatoms. The summed E-state index contributed by atoms with van der Waals surface area (Å²) in [7, 11) is -2.04. The fourth-order valence-electron chi connectivity index (χ4n) is 1.48. The van der Waals surface area contributed by atoms with Crippen LogP contribution in [0.2, 0.25) is 18.1 Å². The van der Waals surface area contributed by atoms with E-state index in [0.29, 0.717) is 5.56 Å². The van der Waals surface area contributed by atoms with Crippen molar-refractivity contribution >= 4 is 8.32 Å². The Morgan fingerprint density at radius 1 is 1.30 bits per heavy atom. The molecule has 0 fully saturated rings. The minimum Gasteiger partial charge on any atom is -0.408 e. The molecule has 114 valence electrons. The van der Waals surface area contributed by atoms with E-state index in [0.717, 1.165) is 0 Å². The van der Waals surface area contributed by atoms with Crippen molar-refractivity contribution in [1.82, 2.24) is 4.98 Å². The average molecular weight is 303 g/mol. The Balaban J connectivity index is 2.91. The fraction of sp³-hybridized carbons (Fsp3) is 0.643. The highest BCUT2D eigenvalue weighted by atomic mass is 28.4. The molecule has 1 aromatic heterocycles. The quantitative estimate of drug-likeness (QED) is 0.834. The summed E-state index contributed by atoms with van der Waals surface area (Å²) in [5, 5.41) is 9.52. The van der Waals surface area contributed by atoms with Crippen molar-refractivity contribution in [3.8, 4) is 0 Å². The normalized spacial score (nSPS) is 14.7. The number of aliphatic hydroxyl groups excluding tert-OH is 1. The average Bonchev–Trinajstić information content (AvgIpc) is 2.34. The summed E-state index contributed by atoms with van der Waals surface area (Å²) in [6.45, 7) is 10.3. The zero-order valence-corrected chi connectivity index (χ0v) is 13.7.